The second kappa shape index (κ2) is 5.99. The van der Waals surface area contributed by atoms with E-state index >= 15 is 0 Å². The molecule has 0 amide bonds. The maximum absolute atomic E-state index is 14.0. The number of nitrogens with zero attached hydrogens (tertiary/aromatic N) is 1. The van der Waals surface area contributed by atoms with Gasteiger partial charge in [0.25, 0.3) is 0 Å². The van der Waals surface area contributed by atoms with Gasteiger partial charge in [0, 0.05) is 12.1 Å². The van der Waals surface area contributed by atoms with Crippen molar-refractivity contribution in [1.29, 1.82) is 0 Å². The second-order valence-corrected chi connectivity index (χ2v) is 5.84. The minimum absolute atomic E-state index is 0.161. The van der Waals surface area contributed by atoms with Crippen molar-refractivity contribution in [2.24, 2.45) is 5.73 Å². The maximum atomic E-state index is 14.0. The van der Waals surface area contributed by atoms with Crippen molar-refractivity contribution in [3.8, 4) is 5.75 Å². The first-order valence-corrected chi connectivity index (χ1v) is 6.56. The summed E-state index contributed by atoms with van der Waals surface area (Å²) in [5.41, 5.74) is 6.08. The minimum atomic E-state index is -0.396. The third-order valence-corrected chi connectivity index (χ3v) is 4.00. The Bertz CT molecular complexity index is 422. The minimum Gasteiger partial charge on any atom is -0.489 e. The fourth-order valence-corrected chi connectivity index (χ4v) is 1.71. The summed E-state index contributed by atoms with van der Waals surface area (Å²) in [6, 6.07) is 3.39. The van der Waals surface area contributed by atoms with Gasteiger partial charge in [-0.3, -0.25) is 0 Å². The van der Waals surface area contributed by atoms with E-state index in [2.05, 4.69) is 15.9 Å². The van der Waals surface area contributed by atoms with Crippen molar-refractivity contribution in [3.63, 3.8) is 0 Å². The largest absolute Gasteiger partial charge is 0.489 e. The molecule has 0 aliphatic rings. The maximum Gasteiger partial charge on any atom is 0.179 e. The number of rotatable bonds is 5. The first-order chi connectivity index (χ1) is 8.29. The molecule has 0 bridgehead atoms. The standard InChI is InChI=1S/C13H20BrFN2O/c1-13(2,17(3)4)8-18-10-6-5-9(7-16)11(14)12(10)15/h5-6H,7-8,16H2,1-4H3. The van der Waals surface area contributed by atoms with E-state index in [0.29, 0.717) is 17.6 Å². The van der Waals surface area contributed by atoms with Gasteiger partial charge in [0.2, 0.25) is 0 Å². The van der Waals surface area contributed by atoms with Gasteiger partial charge in [-0.25, -0.2) is 4.39 Å². The lowest BCUT2D eigenvalue weighted by atomic mass is 10.1. The zero-order chi connectivity index (χ0) is 13.9. The van der Waals surface area contributed by atoms with Crippen molar-refractivity contribution < 1.29 is 9.13 Å². The predicted molar refractivity (Wildman–Crippen MR) is 75.3 cm³/mol. The first-order valence-electron chi connectivity index (χ1n) is 5.76. The third-order valence-electron chi connectivity index (χ3n) is 3.14. The molecule has 0 saturated heterocycles. The molecule has 5 heteroatoms. The van der Waals surface area contributed by atoms with Crippen LogP contribution in [0.1, 0.15) is 19.4 Å². The monoisotopic (exact) mass is 318 g/mol. The molecule has 0 unspecified atom stereocenters. The van der Waals surface area contributed by atoms with Gasteiger partial charge in [0.05, 0.1) is 4.47 Å². The van der Waals surface area contributed by atoms with Gasteiger partial charge in [0.1, 0.15) is 6.61 Å². The van der Waals surface area contributed by atoms with Crippen LogP contribution < -0.4 is 10.5 Å². The number of benzene rings is 1. The number of nitrogens with two attached hydrogens (primary N) is 1. The Labute approximate surface area is 116 Å². The summed E-state index contributed by atoms with van der Waals surface area (Å²) in [7, 11) is 3.93. The van der Waals surface area contributed by atoms with E-state index in [-0.39, 0.29) is 11.3 Å². The molecule has 102 valence electrons. The van der Waals surface area contributed by atoms with Crippen LogP contribution in [0.2, 0.25) is 0 Å². The van der Waals surface area contributed by atoms with E-state index in [0.717, 1.165) is 5.56 Å². The summed E-state index contributed by atoms with van der Waals surface area (Å²) in [5, 5.41) is 0. The molecule has 0 aliphatic heterocycles. The number of likely N-dealkylation sites (N-methyl/N-ethyl adjacent to an activating group) is 1. The zero-order valence-corrected chi connectivity index (χ0v) is 12.8. The molecule has 3 nitrogen and oxygen atoms in total. The summed E-state index contributed by atoms with van der Waals surface area (Å²) in [6.45, 7) is 4.77. The summed E-state index contributed by atoms with van der Waals surface area (Å²) < 4.78 is 19.9. The van der Waals surface area contributed by atoms with Crippen LogP contribution in [0.25, 0.3) is 0 Å². The average Bonchev–Trinajstić information content (AvgIpc) is 2.31. The molecule has 18 heavy (non-hydrogen) atoms. The van der Waals surface area contributed by atoms with Gasteiger partial charge in [0.15, 0.2) is 11.6 Å². The molecule has 0 heterocycles. The van der Waals surface area contributed by atoms with Gasteiger partial charge in [-0.1, -0.05) is 6.07 Å². The highest BCUT2D eigenvalue weighted by Crippen LogP contribution is 2.29. The predicted octanol–water partition coefficient (Wildman–Crippen LogP) is 2.77. The lowest BCUT2D eigenvalue weighted by Crippen LogP contribution is -2.43. The smallest absolute Gasteiger partial charge is 0.179 e. The summed E-state index contributed by atoms with van der Waals surface area (Å²) in [6.07, 6.45) is 0. The third kappa shape index (κ3) is 3.43. The lowest BCUT2D eigenvalue weighted by Gasteiger charge is -2.32. The van der Waals surface area contributed by atoms with Crippen molar-refractivity contribution >= 4 is 15.9 Å². The van der Waals surface area contributed by atoms with Crippen LogP contribution in [0, 0.1) is 5.82 Å². The van der Waals surface area contributed by atoms with Gasteiger partial charge >= 0.3 is 0 Å². The molecule has 1 aromatic rings. The molecule has 0 spiro atoms. The van der Waals surface area contributed by atoms with Crippen LogP contribution in [0.3, 0.4) is 0 Å². The van der Waals surface area contributed by atoms with E-state index in [9.17, 15) is 4.39 Å². The van der Waals surface area contributed by atoms with E-state index in [1.165, 1.54) is 0 Å². The Morgan fingerprint density at radius 1 is 1.39 bits per heavy atom. The highest BCUT2D eigenvalue weighted by molar-refractivity contribution is 9.10. The van der Waals surface area contributed by atoms with Crippen molar-refractivity contribution in [2.45, 2.75) is 25.9 Å². The van der Waals surface area contributed by atoms with Crippen LogP contribution in [-0.2, 0) is 6.54 Å². The summed E-state index contributed by atoms with van der Waals surface area (Å²) in [5.74, 6) is -0.151. The Hall–Kier alpha value is -0.650. The number of halogens is 2. The molecular formula is C13H20BrFN2O. The molecule has 1 rings (SSSR count). The van der Waals surface area contributed by atoms with Gasteiger partial charge in [-0.05, 0) is 55.5 Å². The lowest BCUT2D eigenvalue weighted by molar-refractivity contribution is 0.111. The molecule has 2 N–H and O–H groups in total. The molecule has 1 aromatic carbocycles. The van der Waals surface area contributed by atoms with Gasteiger partial charge in [-0.15, -0.1) is 0 Å². The topological polar surface area (TPSA) is 38.5 Å². The van der Waals surface area contributed by atoms with Crippen molar-refractivity contribution in [2.75, 3.05) is 20.7 Å². The number of hydrogen-bond donors (Lipinski definition) is 1. The fourth-order valence-electron chi connectivity index (χ4n) is 1.22. The van der Waals surface area contributed by atoms with Gasteiger partial charge in [-0.2, -0.15) is 0 Å². The van der Waals surface area contributed by atoms with Crippen LogP contribution >= 0.6 is 15.9 Å². The molecular weight excluding hydrogens is 299 g/mol. The Kier molecular flexibility index (Phi) is 5.13. The van der Waals surface area contributed by atoms with Crippen LogP contribution in [-0.4, -0.2) is 31.1 Å². The molecule has 0 atom stereocenters. The summed E-state index contributed by atoms with van der Waals surface area (Å²) in [4.78, 5) is 2.04. The average molecular weight is 319 g/mol. The summed E-state index contributed by atoms with van der Waals surface area (Å²) >= 11 is 3.20. The highest BCUT2D eigenvalue weighted by Gasteiger charge is 2.22. The molecule has 0 aliphatic carbocycles. The van der Waals surface area contributed by atoms with E-state index in [1.807, 2.05) is 32.8 Å². The second-order valence-electron chi connectivity index (χ2n) is 5.05. The normalized spacial score (nSPS) is 12.0. The van der Waals surface area contributed by atoms with Crippen molar-refractivity contribution in [1.82, 2.24) is 4.90 Å². The molecule has 0 saturated carbocycles. The van der Waals surface area contributed by atoms with Crippen molar-refractivity contribution in [3.05, 3.63) is 28.0 Å². The zero-order valence-electron chi connectivity index (χ0n) is 11.3. The fraction of sp³-hybridized carbons (Fsp3) is 0.538. The van der Waals surface area contributed by atoms with Gasteiger partial charge < -0.3 is 15.4 Å². The van der Waals surface area contributed by atoms with E-state index in [4.69, 9.17) is 10.5 Å². The molecule has 0 radical (unpaired) electrons. The van der Waals surface area contributed by atoms with E-state index < -0.39 is 5.82 Å². The SMILES string of the molecule is CN(C)C(C)(C)COc1ccc(CN)c(Br)c1F. The van der Waals surface area contributed by atoms with Crippen LogP contribution in [0.15, 0.2) is 16.6 Å². The molecule has 0 fully saturated rings. The first kappa shape index (κ1) is 15.4. The Morgan fingerprint density at radius 3 is 2.50 bits per heavy atom. The Morgan fingerprint density at radius 2 is 2.00 bits per heavy atom. The van der Waals surface area contributed by atoms with E-state index in [1.54, 1.807) is 12.1 Å². The number of ether oxygens (including phenoxy) is 1. The van der Waals surface area contributed by atoms with Crippen LogP contribution in [0.5, 0.6) is 5.75 Å². The molecule has 0 aromatic heterocycles. The quantitative estimate of drug-likeness (QED) is 0.907. The highest BCUT2D eigenvalue weighted by atomic mass is 79.9. The number of hydrogen-bond acceptors (Lipinski definition) is 3. The Balaban J connectivity index is 2.84. The van der Waals surface area contributed by atoms with Crippen LogP contribution in [0.4, 0.5) is 4.39 Å².